The number of hydrogen-bond acceptors (Lipinski definition) is 6. The van der Waals surface area contributed by atoms with Gasteiger partial charge in [0.25, 0.3) is 11.8 Å². The van der Waals surface area contributed by atoms with Crippen molar-refractivity contribution in [3.63, 3.8) is 0 Å². The van der Waals surface area contributed by atoms with Crippen molar-refractivity contribution in [1.82, 2.24) is 5.32 Å². The van der Waals surface area contributed by atoms with Crippen molar-refractivity contribution in [3.8, 4) is 17.2 Å². The summed E-state index contributed by atoms with van der Waals surface area (Å²) in [6, 6.07) is 12.3. The molecule has 2 amide bonds. The molecule has 1 saturated heterocycles. The van der Waals surface area contributed by atoms with Crippen LogP contribution in [0.25, 0.3) is 0 Å². The lowest BCUT2D eigenvalue weighted by Gasteiger charge is -2.33. The van der Waals surface area contributed by atoms with Gasteiger partial charge < -0.3 is 29.2 Å². The molecule has 1 fully saturated rings. The van der Waals surface area contributed by atoms with Crippen LogP contribution in [0.5, 0.6) is 17.2 Å². The van der Waals surface area contributed by atoms with E-state index in [4.69, 9.17) is 18.9 Å². The van der Waals surface area contributed by atoms with Gasteiger partial charge in [0.15, 0.2) is 11.5 Å². The van der Waals surface area contributed by atoms with E-state index in [-0.39, 0.29) is 37.9 Å². The summed E-state index contributed by atoms with van der Waals surface area (Å²) in [5.41, 5.74) is 1.24. The highest BCUT2D eigenvalue weighted by Gasteiger charge is 2.28. The van der Waals surface area contributed by atoms with Gasteiger partial charge in [-0.1, -0.05) is 0 Å². The number of nitrogens with zero attached hydrogens (tertiary/aromatic N) is 1. The van der Waals surface area contributed by atoms with Crippen molar-refractivity contribution in [3.05, 3.63) is 48.0 Å². The van der Waals surface area contributed by atoms with Crippen molar-refractivity contribution in [1.29, 1.82) is 0 Å². The second-order valence-corrected chi connectivity index (χ2v) is 6.41. The number of ether oxygens (including phenoxy) is 4. The third-order valence-corrected chi connectivity index (χ3v) is 4.64. The van der Waals surface area contributed by atoms with Gasteiger partial charge in [0.1, 0.15) is 12.4 Å². The van der Waals surface area contributed by atoms with Gasteiger partial charge in [-0.05, 0) is 42.5 Å². The van der Waals surface area contributed by atoms with Gasteiger partial charge in [-0.2, -0.15) is 0 Å². The van der Waals surface area contributed by atoms with E-state index in [1.165, 1.54) is 0 Å². The van der Waals surface area contributed by atoms with Crippen LogP contribution in [0.1, 0.15) is 10.4 Å². The topological polar surface area (TPSA) is 86.3 Å². The molecule has 1 N–H and O–H groups in total. The molecule has 2 aliphatic rings. The minimum absolute atomic E-state index is 0.0312. The summed E-state index contributed by atoms with van der Waals surface area (Å²) in [7, 11) is 1.59. The lowest BCUT2D eigenvalue weighted by molar-refractivity contribution is -0.129. The third kappa shape index (κ3) is 3.72. The lowest BCUT2D eigenvalue weighted by Crippen LogP contribution is -2.50. The number of nitrogens with one attached hydrogen (secondary N) is 1. The fourth-order valence-corrected chi connectivity index (χ4v) is 3.11. The van der Waals surface area contributed by atoms with Gasteiger partial charge in [0.05, 0.1) is 19.8 Å². The Morgan fingerprint density at radius 1 is 1.18 bits per heavy atom. The zero-order valence-electron chi connectivity index (χ0n) is 15.3. The second kappa shape index (κ2) is 7.77. The maximum Gasteiger partial charge on any atom is 0.253 e. The summed E-state index contributed by atoms with van der Waals surface area (Å²) in [6.45, 7) is 0.766. The zero-order valence-corrected chi connectivity index (χ0v) is 15.3. The van der Waals surface area contributed by atoms with Crippen molar-refractivity contribution >= 4 is 17.5 Å². The number of carbonyl (C=O) groups excluding carboxylic acids is 2. The highest BCUT2D eigenvalue weighted by molar-refractivity contribution is 5.96. The number of hydrogen-bond donors (Lipinski definition) is 1. The lowest BCUT2D eigenvalue weighted by atomic mass is 10.1. The summed E-state index contributed by atoms with van der Waals surface area (Å²) in [5.74, 6) is 1.54. The van der Waals surface area contributed by atoms with Gasteiger partial charge in [-0.15, -0.1) is 0 Å². The molecule has 2 heterocycles. The van der Waals surface area contributed by atoms with Crippen LogP contribution in [-0.2, 0) is 9.53 Å². The molecule has 0 radical (unpaired) electrons. The van der Waals surface area contributed by atoms with Gasteiger partial charge in [0.2, 0.25) is 6.79 Å². The molecular formula is C20H20N2O6. The van der Waals surface area contributed by atoms with E-state index in [1.807, 2.05) is 12.1 Å². The smallest absolute Gasteiger partial charge is 0.253 e. The molecule has 0 bridgehead atoms. The number of amides is 2. The largest absolute Gasteiger partial charge is 0.497 e. The van der Waals surface area contributed by atoms with Crippen LogP contribution < -0.4 is 24.4 Å². The van der Waals surface area contributed by atoms with Crippen LogP contribution in [0.2, 0.25) is 0 Å². The van der Waals surface area contributed by atoms with Crippen molar-refractivity contribution in [2.75, 3.05) is 38.5 Å². The number of methoxy groups -OCH3 is 1. The predicted octanol–water partition coefficient (Wildman–Crippen LogP) is 1.59. The fraction of sp³-hybridized carbons (Fsp3) is 0.300. The third-order valence-electron chi connectivity index (χ3n) is 4.64. The molecule has 1 unspecified atom stereocenters. The first-order valence-corrected chi connectivity index (χ1v) is 8.88. The Labute approximate surface area is 161 Å². The summed E-state index contributed by atoms with van der Waals surface area (Å²) < 4.78 is 21.3. The van der Waals surface area contributed by atoms with E-state index in [2.05, 4.69) is 5.32 Å². The van der Waals surface area contributed by atoms with E-state index >= 15 is 0 Å². The van der Waals surface area contributed by atoms with E-state index in [9.17, 15) is 9.59 Å². The minimum atomic E-state index is -0.308. The Morgan fingerprint density at radius 2 is 1.96 bits per heavy atom. The van der Waals surface area contributed by atoms with Gasteiger partial charge in [-0.25, -0.2) is 0 Å². The molecule has 0 aromatic heterocycles. The Bertz CT molecular complexity index is 883. The van der Waals surface area contributed by atoms with E-state index in [1.54, 1.807) is 42.3 Å². The second-order valence-electron chi connectivity index (χ2n) is 6.41. The van der Waals surface area contributed by atoms with E-state index < -0.39 is 0 Å². The molecule has 146 valence electrons. The summed E-state index contributed by atoms with van der Waals surface area (Å²) in [4.78, 5) is 26.3. The summed E-state index contributed by atoms with van der Waals surface area (Å²) in [5, 5.41) is 2.85. The Morgan fingerprint density at radius 3 is 2.75 bits per heavy atom. The molecule has 8 heteroatoms. The maximum atomic E-state index is 12.4. The number of morpholine rings is 1. The first-order chi connectivity index (χ1) is 13.6. The molecule has 0 saturated carbocycles. The molecule has 2 aromatic rings. The van der Waals surface area contributed by atoms with Crippen molar-refractivity contribution in [2.24, 2.45) is 0 Å². The van der Waals surface area contributed by atoms with Crippen LogP contribution in [0.3, 0.4) is 0 Å². The highest BCUT2D eigenvalue weighted by Crippen LogP contribution is 2.32. The molecule has 28 heavy (non-hydrogen) atoms. The van der Waals surface area contributed by atoms with Crippen LogP contribution in [0.15, 0.2) is 42.5 Å². The Hall–Kier alpha value is -3.26. The summed E-state index contributed by atoms with van der Waals surface area (Å²) in [6.07, 6.45) is -0.308. The SMILES string of the molecule is COc1ccc(N2CC(CNC(=O)c3ccc4c(c3)OCO4)OCC2=O)cc1. The van der Waals surface area contributed by atoms with Gasteiger partial charge in [-0.3, -0.25) is 9.59 Å². The molecule has 2 aliphatic heterocycles. The molecular weight excluding hydrogens is 364 g/mol. The maximum absolute atomic E-state index is 12.4. The monoisotopic (exact) mass is 384 g/mol. The number of anilines is 1. The number of fused-ring (bicyclic) bond motifs is 1. The zero-order chi connectivity index (χ0) is 19.5. The first kappa shape index (κ1) is 18.1. The average Bonchev–Trinajstić information content (AvgIpc) is 3.21. The molecule has 1 atom stereocenters. The first-order valence-electron chi connectivity index (χ1n) is 8.88. The minimum Gasteiger partial charge on any atom is -0.497 e. The van der Waals surface area contributed by atoms with Crippen molar-refractivity contribution in [2.45, 2.75) is 6.10 Å². The van der Waals surface area contributed by atoms with E-state index in [0.717, 1.165) is 11.4 Å². The molecule has 2 aromatic carbocycles. The fourth-order valence-electron chi connectivity index (χ4n) is 3.11. The van der Waals surface area contributed by atoms with Gasteiger partial charge in [0, 0.05) is 17.8 Å². The standard InChI is InChI=1S/C20H20N2O6/c1-25-15-5-3-14(4-6-15)22-10-16(26-11-19(22)23)9-21-20(24)13-2-7-17-18(8-13)28-12-27-17/h2-8,16H,9-12H2,1H3,(H,21,24). The Balaban J connectivity index is 1.36. The van der Waals surface area contributed by atoms with Crippen LogP contribution in [0, 0.1) is 0 Å². The number of carbonyl (C=O) groups is 2. The molecule has 4 rings (SSSR count). The average molecular weight is 384 g/mol. The molecule has 0 spiro atoms. The number of benzene rings is 2. The van der Waals surface area contributed by atoms with Crippen LogP contribution in [-0.4, -0.2) is 51.5 Å². The van der Waals surface area contributed by atoms with Crippen LogP contribution >= 0.6 is 0 Å². The van der Waals surface area contributed by atoms with Gasteiger partial charge >= 0.3 is 0 Å². The number of rotatable bonds is 5. The quantitative estimate of drug-likeness (QED) is 0.843. The molecule has 8 nitrogen and oxygen atoms in total. The van der Waals surface area contributed by atoms with Crippen molar-refractivity contribution < 1.29 is 28.5 Å². The molecule has 0 aliphatic carbocycles. The highest BCUT2D eigenvalue weighted by atomic mass is 16.7. The van der Waals surface area contributed by atoms with E-state index in [0.29, 0.717) is 23.6 Å². The summed E-state index contributed by atoms with van der Waals surface area (Å²) >= 11 is 0. The predicted molar refractivity (Wildman–Crippen MR) is 100.0 cm³/mol. The Kier molecular flexibility index (Phi) is 5.03. The normalized spacial score (nSPS) is 18.1. The van der Waals surface area contributed by atoms with Crippen LogP contribution in [0.4, 0.5) is 5.69 Å².